The average Bonchev–Trinajstić information content (AvgIpc) is 3.26. The minimum absolute atomic E-state index is 0.112. The van der Waals surface area contributed by atoms with Crippen molar-refractivity contribution in [3.63, 3.8) is 0 Å². The summed E-state index contributed by atoms with van der Waals surface area (Å²) in [4.78, 5) is 40.1. The third-order valence-electron chi connectivity index (χ3n) is 5.16. The Morgan fingerprint density at radius 3 is 2.41 bits per heavy atom. The van der Waals surface area contributed by atoms with Gasteiger partial charge in [0.15, 0.2) is 0 Å². The predicted molar refractivity (Wildman–Crippen MR) is 119 cm³/mol. The number of amides is 2. The van der Waals surface area contributed by atoms with Crippen molar-refractivity contribution in [1.82, 2.24) is 0 Å². The molecular weight excluding hydrogens is 428 g/mol. The number of benzene rings is 2. The number of thiophene rings is 1. The minimum atomic E-state index is -0.574. The molecule has 160 valence electrons. The fourth-order valence-corrected chi connectivity index (χ4v) is 4.78. The Morgan fingerprint density at radius 2 is 1.78 bits per heavy atom. The third kappa shape index (κ3) is 3.33. The standard InChI is InChI=1S/C24H18N2O5S/c1-4-31-24(29)15-7-10-17-18(11-15)22(28)26(21(17)27)23-19(12-25)20(13(2)32-23)14-5-8-16(30-3)9-6-14/h5-11H,4H2,1-3H3. The molecule has 2 amide bonds. The Labute approximate surface area is 188 Å². The highest BCUT2D eigenvalue weighted by Crippen LogP contribution is 2.44. The van der Waals surface area contributed by atoms with Gasteiger partial charge in [-0.05, 0) is 49.7 Å². The maximum absolute atomic E-state index is 13.2. The number of nitrogens with zero attached hydrogens (tertiary/aromatic N) is 2. The number of anilines is 1. The Bertz CT molecular complexity index is 1300. The van der Waals surface area contributed by atoms with Gasteiger partial charge in [-0.3, -0.25) is 9.59 Å². The first-order chi connectivity index (χ1) is 15.4. The third-order valence-corrected chi connectivity index (χ3v) is 6.25. The van der Waals surface area contributed by atoms with E-state index in [0.29, 0.717) is 11.3 Å². The first-order valence-electron chi connectivity index (χ1n) is 9.79. The number of hydrogen-bond donors (Lipinski definition) is 0. The fraction of sp³-hybridized carbons (Fsp3) is 0.167. The molecule has 0 aliphatic carbocycles. The molecule has 0 N–H and O–H groups in total. The van der Waals surface area contributed by atoms with Crippen molar-refractivity contribution in [2.24, 2.45) is 0 Å². The highest BCUT2D eigenvalue weighted by molar-refractivity contribution is 7.17. The van der Waals surface area contributed by atoms with E-state index in [2.05, 4.69) is 6.07 Å². The van der Waals surface area contributed by atoms with E-state index >= 15 is 0 Å². The summed E-state index contributed by atoms with van der Waals surface area (Å²) in [6.07, 6.45) is 0. The quantitative estimate of drug-likeness (QED) is 0.420. The summed E-state index contributed by atoms with van der Waals surface area (Å²) in [6.45, 7) is 3.72. The number of nitriles is 1. The molecule has 3 aromatic rings. The molecule has 0 saturated heterocycles. The van der Waals surface area contributed by atoms with Crippen molar-refractivity contribution in [3.8, 4) is 22.9 Å². The van der Waals surface area contributed by atoms with Crippen molar-refractivity contribution in [1.29, 1.82) is 5.26 Å². The van der Waals surface area contributed by atoms with Crippen LogP contribution in [0.2, 0.25) is 0 Å². The topological polar surface area (TPSA) is 96.7 Å². The van der Waals surface area contributed by atoms with E-state index in [1.807, 2.05) is 19.1 Å². The lowest BCUT2D eigenvalue weighted by molar-refractivity contribution is 0.0526. The molecule has 0 fully saturated rings. The van der Waals surface area contributed by atoms with Gasteiger partial charge in [-0.2, -0.15) is 5.26 Å². The number of carbonyl (C=O) groups excluding carboxylic acids is 3. The van der Waals surface area contributed by atoms with Crippen molar-refractivity contribution in [3.05, 3.63) is 69.6 Å². The molecule has 0 radical (unpaired) electrons. The second-order valence-electron chi connectivity index (χ2n) is 6.98. The monoisotopic (exact) mass is 446 g/mol. The maximum Gasteiger partial charge on any atom is 0.338 e. The van der Waals surface area contributed by atoms with Crippen molar-refractivity contribution < 1.29 is 23.9 Å². The molecule has 1 aliphatic heterocycles. The van der Waals surface area contributed by atoms with Gasteiger partial charge in [-0.15, -0.1) is 11.3 Å². The van der Waals surface area contributed by atoms with E-state index in [0.717, 1.165) is 15.3 Å². The van der Waals surface area contributed by atoms with E-state index < -0.39 is 17.8 Å². The van der Waals surface area contributed by atoms with Crippen LogP contribution in [0.15, 0.2) is 42.5 Å². The van der Waals surface area contributed by atoms with E-state index in [-0.39, 0.29) is 33.9 Å². The lowest BCUT2D eigenvalue weighted by Crippen LogP contribution is -2.29. The molecule has 0 saturated carbocycles. The van der Waals surface area contributed by atoms with E-state index in [9.17, 15) is 19.6 Å². The summed E-state index contributed by atoms with van der Waals surface area (Å²) in [5, 5.41) is 10.2. The molecule has 7 nitrogen and oxygen atoms in total. The zero-order chi connectivity index (χ0) is 23.0. The summed E-state index contributed by atoms with van der Waals surface area (Å²) in [5.41, 5.74) is 2.18. The summed E-state index contributed by atoms with van der Waals surface area (Å²) in [6, 6.07) is 13.6. The summed E-state index contributed by atoms with van der Waals surface area (Å²) in [7, 11) is 1.57. The van der Waals surface area contributed by atoms with Crippen LogP contribution < -0.4 is 9.64 Å². The van der Waals surface area contributed by atoms with Crippen LogP contribution in [0.1, 0.15) is 48.4 Å². The van der Waals surface area contributed by atoms with E-state index in [1.54, 1.807) is 26.2 Å². The van der Waals surface area contributed by atoms with Gasteiger partial charge in [-0.1, -0.05) is 12.1 Å². The first kappa shape index (κ1) is 21.3. The Hall–Kier alpha value is -3.96. The molecule has 0 atom stereocenters. The minimum Gasteiger partial charge on any atom is -0.497 e. The van der Waals surface area contributed by atoms with E-state index in [1.165, 1.54) is 29.5 Å². The molecule has 0 unspecified atom stereocenters. The highest BCUT2D eigenvalue weighted by Gasteiger charge is 2.40. The van der Waals surface area contributed by atoms with Gasteiger partial charge in [0, 0.05) is 10.4 Å². The number of ether oxygens (including phenoxy) is 2. The number of esters is 1. The molecular formula is C24H18N2O5S. The number of aryl methyl sites for hydroxylation is 1. The molecule has 8 heteroatoms. The highest BCUT2D eigenvalue weighted by atomic mass is 32.1. The van der Waals surface area contributed by atoms with Crippen LogP contribution in [0.4, 0.5) is 5.00 Å². The van der Waals surface area contributed by atoms with Gasteiger partial charge < -0.3 is 9.47 Å². The summed E-state index contributed by atoms with van der Waals surface area (Å²) < 4.78 is 10.2. The van der Waals surface area contributed by atoms with Crippen molar-refractivity contribution >= 4 is 34.1 Å². The number of carbonyl (C=O) groups is 3. The van der Waals surface area contributed by atoms with Crippen LogP contribution in [0.3, 0.4) is 0 Å². The molecule has 32 heavy (non-hydrogen) atoms. The molecule has 0 bridgehead atoms. The lowest BCUT2D eigenvalue weighted by Gasteiger charge is -2.12. The predicted octanol–water partition coefficient (Wildman–Crippen LogP) is 4.58. The van der Waals surface area contributed by atoms with Gasteiger partial charge in [0.05, 0.1) is 36.0 Å². The molecule has 2 aromatic carbocycles. The average molecular weight is 446 g/mol. The lowest BCUT2D eigenvalue weighted by atomic mass is 10.0. The second-order valence-corrected chi connectivity index (χ2v) is 8.18. The molecule has 1 aliphatic rings. The number of hydrogen-bond acceptors (Lipinski definition) is 7. The van der Waals surface area contributed by atoms with Crippen LogP contribution >= 0.6 is 11.3 Å². The molecule has 1 aromatic heterocycles. The second kappa shape index (κ2) is 8.29. The number of methoxy groups -OCH3 is 1. The van der Waals surface area contributed by atoms with E-state index in [4.69, 9.17) is 9.47 Å². The van der Waals surface area contributed by atoms with Crippen LogP contribution in [0, 0.1) is 18.3 Å². The number of rotatable bonds is 5. The van der Waals surface area contributed by atoms with Gasteiger partial charge in [0.2, 0.25) is 0 Å². The Balaban J connectivity index is 1.78. The normalized spacial score (nSPS) is 12.5. The van der Waals surface area contributed by atoms with Crippen LogP contribution in [0.5, 0.6) is 5.75 Å². The maximum atomic E-state index is 13.2. The number of fused-ring (bicyclic) bond motifs is 1. The van der Waals surface area contributed by atoms with Gasteiger partial charge in [0.1, 0.15) is 16.8 Å². The summed E-state index contributed by atoms with van der Waals surface area (Å²) >= 11 is 1.20. The number of imide groups is 1. The zero-order valence-electron chi connectivity index (χ0n) is 17.6. The SMILES string of the molecule is CCOC(=O)c1ccc2c(c1)C(=O)N(c1sc(C)c(-c3ccc(OC)cc3)c1C#N)C2=O. The van der Waals surface area contributed by atoms with Crippen LogP contribution in [-0.4, -0.2) is 31.5 Å². The van der Waals surface area contributed by atoms with Crippen LogP contribution in [0.25, 0.3) is 11.1 Å². The van der Waals surface area contributed by atoms with Gasteiger partial charge in [-0.25, -0.2) is 9.69 Å². The van der Waals surface area contributed by atoms with Gasteiger partial charge >= 0.3 is 5.97 Å². The molecule has 4 rings (SSSR count). The first-order valence-corrected chi connectivity index (χ1v) is 10.6. The van der Waals surface area contributed by atoms with Crippen LogP contribution in [-0.2, 0) is 4.74 Å². The largest absolute Gasteiger partial charge is 0.497 e. The molecule has 2 heterocycles. The van der Waals surface area contributed by atoms with Crippen molar-refractivity contribution in [2.75, 3.05) is 18.6 Å². The Kier molecular flexibility index (Phi) is 5.51. The molecule has 0 spiro atoms. The fourth-order valence-electron chi connectivity index (χ4n) is 3.66. The van der Waals surface area contributed by atoms with Crippen molar-refractivity contribution in [2.45, 2.75) is 13.8 Å². The smallest absolute Gasteiger partial charge is 0.338 e. The summed E-state index contributed by atoms with van der Waals surface area (Å²) in [5.74, 6) is -0.992. The van der Waals surface area contributed by atoms with Gasteiger partial charge in [0.25, 0.3) is 11.8 Å². The zero-order valence-corrected chi connectivity index (χ0v) is 18.4. The Morgan fingerprint density at radius 1 is 1.09 bits per heavy atom.